The normalized spacial score (nSPS) is 18.4. The summed E-state index contributed by atoms with van der Waals surface area (Å²) in [7, 11) is 0. The Bertz CT molecular complexity index is 401. The smallest absolute Gasteiger partial charge is 0.0681 e. The number of hydrazine groups is 1. The third-order valence-corrected chi connectivity index (χ3v) is 4.05. The zero-order valence-electron chi connectivity index (χ0n) is 9.95. The van der Waals surface area contributed by atoms with E-state index in [0.29, 0.717) is 0 Å². The van der Waals surface area contributed by atoms with Gasteiger partial charge in [0.05, 0.1) is 6.04 Å². The van der Waals surface area contributed by atoms with Crippen molar-refractivity contribution in [2.45, 2.75) is 38.1 Å². The second-order valence-electron chi connectivity index (χ2n) is 4.50. The lowest BCUT2D eigenvalue weighted by Crippen LogP contribution is -2.29. The molecule has 3 heteroatoms. The molecule has 17 heavy (non-hydrogen) atoms. The number of hydrogen-bond donors (Lipinski definition) is 2. The molecule has 0 amide bonds. The van der Waals surface area contributed by atoms with Crippen LogP contribution in [0.25, 0.3) is 0 Å². The Kier molecular flexibility index (Phi) is 4.77. The third-order valence-electron chi connectivity index (χ3n) is 3.33. The summed E-state index contributed by atoms with van der Waals surface area (Å²) < 4.78 is 1.12. The van der Waals surface area contributed by atoms with Gasteiger partial charge in [0.1, 0.15) is 0 Å². The zero-order valence-corrected chi connectivity index (χ0v) is 11.5. The number of allylic oxidation sites excluding steroid dienone is 1. The van der Waals surface area contributed by atoms with Crippen LogP contribution < -0.4 is 11.3 Å². The lowest BCUT2D eigenvalue weighted by molar-refractivity contribution is 0.591. The molecule has 92 valence electrons. The molecule has 1 aliphatic rings. The molecule has 0 radical (unpaired) electrons. The Balaban J connectivity index is 2.26. The second-order valence-corrected chi connectivity index (χ2v) is 5.35. The molecule has 1 aromatic carbocycles. The first-order valence-corrected chi connectivity index (χ1v) is 7.01. The van der Waals surface area contributed by atoms with E-state index in [1.54, 1.807) is 0 Å². The lowest BCUT2D eigenvalue weighted by atomic mass is 9.96. The van der Waals surface area contributed by atoms with E-state index in [4.69, 9.17) is 5.84 Å². The van der Waals surface area contributed by atoms with Crippen molar-refractivity contribution in [1.29, 1.82) is 0 Å². The summed E-state index contributed by atoms with van der Waals surface area (Å²) in [5, 5.41) is 0. The monoisotopic (exact) mass is 294 g/mol. The molecule has 2 rings (SSSR count). The van der Waals surface area contributed by atoms with Crippen molar-refractivity contribution in [3.8, 4) is 0 Å². The van der Waals surface area contributed by atoms with E-state index in [1.807, 2.05) is 6.07 Å². The molecule has 1 aliphatic carbocycles. The first-order chi connectivity index (χ1) is 8.33. The minimum absolute atomic E-state index is 0.142. The predicted octanol–water partition coefficient (Wildman–Crippen LogP) is 3.84. The van der Waals surface area contributed by atoms with E-state index in [9.17, 15) is 0 Å². The molecule has 0 bridgehead atoms. The fourth-order valence-corrected chi connectivity index (χ4v) is 2.92. The summed E-state index contributed by atoms with van der Waals surface area (Å²) in [6.07, 6.45) is 8.59. The van der Waals surface area contributed by atoms with Gasteiger partial charge in [-0.2, -0.15) is 0 Å². The Morgan fingerprint density at radius 3 is 2.76 bits per heavy atom. The molecule has 0 aromatic heterocycles. The minimum atomic E-state index is 0.142. The average Bonchev–Trinajstić information content (AvgIpc) is 2.62. The van der Waals surface area contributed by atoms with E-state index in [2.05, 4.69) is 45.6 Å². The van der Waals surface area contributed by atoms with Gasteiger partial charge in [-0.15, -0.1) is 0 Å². The average molecular weight is 295 g/mol. The molecule has 0 spiro atoms. The maximum atomic E-state index is 5.74. The van der Waals surface area contributed by atoms with Crippen LogP contribution in [0.5, 0.6) is 0 Å². The third kappa shape index (κ3) is 3.18. The number of nitrogens with one attached hydrogen (secondary N) is 1. The molecular formula is C14H19BrN2. The van der Waals surface area contributed by atoms with Gasteiger partial charge in [0, 0.05) is 4.47 Å². The highest BCUT2D eigenvalue weighted by Crippen LogP contribution is 2.32. The van der Waals surface area contributed by atoms with E-state index >= 15 is 0 Å². The number of nitrogens with two attached hydrogens (primary N) is 1. The molecule has 0 aliphatic heterocycles. The van der Waals surface area contributed by atoms with Crippen LogP contribution in [-0.4, -0.2) is 0 Å². The minimum Gasteiger partial charge on any atom is -0.271 e. The number of rotatable bonds is 3. The summed E-state index contributed by atoms with van der Waals surface area (Å²) in [6.45, 7) is 0. The molecule has 3 N–H and O–H groups in total. The van der Waals surface area contributed by atoms with Gasteiger partial charge in [-0.25, -0.2) is 5.43 Å². The fourth-order valence-electron chi connectivity index (χ4n) is 2.41. The van der Waals surface area contributed by atoms with E-state index in [1.165, 1.54) is 36.8 Å². The molecule has 1 atom stereocenters. The molecule has 0 saturated heterocycles. The molecule has 0 heterocycles. The van der Waals surface area contributed by atoms with Gasteiger partial charge < -0.3 is 0 Å². The van der Waals surface area contributed by atoms with E-state index < -0.39 is 0 Å². The zero-order chi connectivity index (χ0) is 12.1. The molecule has 1 unspecified atom stereocenters. The molecule has 0 saturated carbocycles. The lowest BCUT2D eigenvalue weighted by Gasteiger charge is -2.21. The first-order valence-electron chi connectivity index (χ1n) is 6.22. The summed E-state index contributed by atoms with van der Waals surface area (Å²) in [6, 6.07) is 8.42. The Hall–Kier alpha value is -0.640. The summed E-state index contributed by atoms with van der Waals surface area (Å²) >= 11 is 3.60. The Morgan fingerprint density at radius 2 is 2.00 bits per heavy atom. The van der Waals surface area contributed by atoms with Gasteiger partial charge in [-0.05, 0) is 37.3 Å². The molecular weight excluding hydrogens is 276 g/mol. The van der Waals surface area contributed by atoms with Crippen LogP contribution in [0.2, 0.25) is 0 Å². The van der Waals surface area contributed by atoms with Gasteiger partial charge in [-0.3, -0.25) is 5.84 Å². The van der Waals surface area contributed by atoms with Gasteiger partial charge in [0.25, 0.3) is 0 Å². The van der Waals surface area contributed by atoms with Crippen LogP contribution in [0.1, 0.15) is 43.7 Å². The maximum Gasteiger partial charge on any atom is 0.0681 e. The Labute approximate surface area is 111 Å². The topological polar surface area (TPSA) is 38.0 Å². The van der Waals surface area contributed by atoms with Crippen LogP contribution in [0.15, 0.2) is 40.4 Å². The maximum absolute atomic E-state index is 5.74. The highest BCUT2D eigenvalue weighted by molar-refractivity contribution is 9.10. The van der Waals surface area contributed by atoms with E-state index in [-0.39, 0.29) is 6.04 Å². The fraction of sp³-hybridized carbons (Fsp3) is 0.429. The SMILES string of the molecule is NNC(C1=CCCCCC1)c1ccccc1Br. The van der Waals surface area contributed by atoms with Crippen molar-refractivity contribution in [2.75, 3.05) is 0 Å². The predicted molar refractivity (Wildman–Crippen MR) is 75.4 cm³/mol. The van der Waals surface area contributed by atoms with Crippen molar-refractivity contribution in [1.82, 2.24) is 5.43 Å². The van der Waals surface area contributed by atoms with Crippen molar-refractivity contribution in [3.05, 3.63) is 46.0 Å². The highest BCUT2D eigenvalue weighted by atomic mass is 79.9. The van der Waals surface area contributed by atoms with Crippen LogP contribution >= 0.6 is 15.9 Å². The molecule has 1 aromatic rings. The van der Waals surface area contributed by atoms with Crippen LogP contribution in [0.4, 0.5) is 0 Å². The second kappa shape index (κ2) is 6.34. The van der Waals surface area contributed by atoms with Crippen molar-refractivity contribution < 1.29 is 0 Å². The summed E-state index contributed by atoms with van der Waals surface area (Å²) in [5.41, 5.74) is 5.61. The van der Waals surface area contributed by atoms with Gasteiger partial charge in [0.2, 0.25) is 0 Å². The van der Waals surface area contributed by atoms with Gasteiger partial charge in [0.15, 0.2) is 0 Å². The van der Waals surface area contributed by atoms with Gasteiger partial charge >= 0.3 is 0 Å². The van der Waals surface area contributed by atoms with Crippen molar-refractivity contribution in [2.24, 2.45) is 5.84 Å². The van der Waals surface area contributed by atoms with Gasteiger partial charge in [-0.1, -0.05) is 52.2 Å². The van der Waals surface area contributed by atoms with E-state index in [0.717, 1.165) is 10.9 Å². The summed E-state index contributed by atoms with van der Waals surface area (Å²) in [5.74, 6) is 5.74. The van der Waals surface area contributed by atoms with Crippen molar-refractivity contribution >= 4 is 15.9 Å². The quantitative estimate of drug-likeness (QED) is 0.505. The number of halogens is 1. The van der Waals surface area contributed by atoms with Crippen LogP contribution in [0, 0.1) is 0 Å². The standard InChI is InChI=1S/C14H19BrN2/c15-13-10-6-5-9-12(13)14(17-16)11-7-3-1-2-4-8-11/h5-7,9-10,14,17H,1-4,8,16H2. The first kappa shape index (κ1) is 12.8. The Morgan fingerprint density at radius 1 is 1.18 bits per heavy atom. The number of benzene rings is 1. The summed E-state index contributed by atoms with van der Waals surface area (Å²) in [4.78, 5) is 0. The van der Waals surface area contributed by atoms with Crippen LogP contribution in [0.3, 0.4) is 0 Å². The molecule has 0 fully saturated rings. The number of hydrogen-bond acceptors (Lipinski definition) is 2. The molecule has 2 nitrogen and oxygen atoms in total. The largest absolute Gasteiger partial charge is 0.271 e. The van der Waals surface area contributed by atoms with Crippen LogP contribution in [-0.2, 0) is 0 Å². The highest BCUT2D eigenvalue weighted by Gasteiger charge is 2.17. The van der Waals surface area contributed by atoms with Crippen molar-refractivity contribution in [3.63, 3.8) is 0 Å².